The largest absolute Gasteiger partial charge is 0.472 e. The zero-order valence-corrected chi connectivity index (χ0v) is 38.3. The van der Waals surface area contributed by atoms with E-state index in [2.05, 4.69) is 13.8 Å². The summed E-state index contributed by atoms with van der Waals surface area (Å²) in [5.74, 6) is -0.985. The first kappa shape index (κ1) is 56.4. The minimum atomic E-state index is -4.42. The summed E-state index contributed by atoms with van der Waals surface area (Å²) < 4.78 is 34.1. The fourth-order valence-corrected chi connectivity index (χ4v) is 6.38. The van der Waals surface area contributed by atoms with Crippen molar-refractivity contribution in [2.24, 2.45) is 0 Å². The maximum Gasteiger partial charge on any atom is 0.472 e. The van der Waals surface area contributed by atoms with Crippen molar-refractivity contribution in [1.82, 2.24) is 0 Å². The normalized spacial score (nSPS) is 15.3. The van der Waals surface area contributed by atoms with E-state index in [1.54, 1.807) is 30.4 Å². The molecule has 59 heavy (non-hydrogen) atoms. The van der Waals surface area contributed by atoms with E-state index >= 15 is 0 Å². The van der Waals surface area contributed by atoms with E-state index in [1.807, 2.05) is 63.7 Å². The summed E-state index contributed by atoms with van der Waals surface area (Å²) in [6.45, 7) is 4.00. The molecule has 11 nitrogen and oxygen atoms in total. The van der Waals surface area contributed by atoms with Crippen LogP contribution in [-0.2, 0) is 32.7 Å². The number of hydrogen-bond donors (Lipinski definition) is 3. The molecule has 0 saturated carbocycles. The van der Waals surface area contributed by atoms with Crippen LogP contribution in [0.5, 0.6) is 0 Å². The Morgan fingerprint density at radius 3 is 1.81 bits per heavy atom. The third kappa shape index (κ3) is 41.9. The lowest BCUT2D eigenvalue weighted by atomic mass is 10.0. The van der Waals surface area contributed by atoms with Crippen LogP contribution in [0.2, 0.25) is 0 Å². The van der Waals surface area contributed by atoms with Crippen molar-refractivity contribution >= 4 is 19.8 Å². The highest BCUT2D eigenvalue weighted by atomic mass is 31.2. The summed E-state index contributed by atoms with van der Waals surface area (Å²) >= 11 is 0. The second-order valence-electron chi connectivity index (χ2n) is 16.1. The molecule has 0 aliphatic carbocycles. The fourth-order valence-electron chi connectivity index (χ4n) is 5.64. The Hall–Kier alpha value is -2.63. The predicted molar refractivity (Wildman–Crippen MR) is 241 cm³/mol. The van der Waals surface area contributed by atoms with Crippen LogP contribution >= 0.6 is 7.82 Å². The molecular weight excluding hydrogens is 769 g/mol. The molecule has 0 saturated heterocycles. The molecular formula is C47H83NO10P+. The van der Waals surface area contributed by atoms with Crippen LogP contribution in [0.4, 0.5) is 0 Å². The Morgan fingerprint density at radius 1 is 0.644 bits per heavy atom. The molecule has 4 atom stereocenters. The number of rotatable bonds is 39. The smallest absolute Gasteiger partial charge is 0.462 e. The summed E-state index contributed by atoms with van der Waals surface area (Å²) in [6.07, 6.45) is 40.3. The summed E-state index contributed by atoms with van der Waals surface area (Å²) in [5.41, 5.74) is 0. The molecule has 0 aromatic heterocycles. The molecule has 3 N–H and O–H groups in total. The van der Waals surface area contributed by atoms with Crippen LogP contribution in [0.3, 0.4) is 0 Å². The van der Waals surface area contributed by atoms with E-state index in [9.17, 15) is 29.3 Å². The Kier molecular flexibility index (Phi) is 36.6. The Labute approximate surface area is 358 Å². The molecule has 0 aliphatic heterocycles. The van der Waals surface area contributed by atoms with Gasteiger partial charge in [-0.1, -0.05) is 170 Å². The molecule has 0 rings (SSSR count). The molecule has 0 amide bonds. The highest BCUT2D eigenvalue weighted by Crippen LogP contribution is 2.43. The average molecular weight is 853 g/mol. The first-order chi connectivity index (χ1) is 28.3. The number of allylic oxidation sites excluding steroid dienone is 8. The van der Waals surface area contributed by atoms with Gasteiger partial charge in [-0.15, -0.1) is 0 Å². The molecule has 1 unspecified atom stereocenters. The van der Waals surface area contributed by atoms with Crippen molar-refractivity contribution in [3.8, 4) is 0 Å². The van der Waals surface area contributed by atoms with Gasteiger partial charge in [-0.2, -0.15) is 0 Å². The third-order valence-corrected chi connectivity index (χ3v) is 10.2. The highest BCUT2D eigenvalue weighted by molar-refractivity contribution is 7.47. The number of hydrogen-bond acceptors (Lipinski definition) is 9. The minimum absolute atomic E-state index is 0.00367. The number of phosphoric ester groups is 1. The van der Waals surface area contributed by atoms with Crippen molar-refractivity contribution in [2.45, 2.75) is 167 Å². The van der Waals surface area contributed by atoms with Crippen molar-refractivity contribution in [2.75, 3.05) is 47.5 Å². The lowest BCUT2D eigenvalue weighted by Gasteiger charge is -2.24. The van der Waals surface area contributed by atoms with Gasteiger partial charge in [0.05, 0.1) is 40.0 Å². The number of ether oxygens (including phenoxy) is 2. The number of aliphatic hydroxyl groups is 2. The summed E-state index contributed by atoms with van der Waals surface area (Å²) in [5, 5.41) is 20.0. The number of aliphatic hydroxyl groups excluding tert-OH is 2. The maximum atomic E-state index is 12.7. The van der Waals surface area contributed by atoms with E-state index in [4.69, 9.17) is 18.5 Å². The van der Waals surface area contributed by atoms with Gasteiger partial charge in [0, 0.05) is 12.8 Å². The number of esters is 2. The van der Waals surface area contributed by atoms with Crippen LogP contribution in [0, 0.1) is 0 Å². The number of likely N-dealkylation sites (N-methyl/N-ethyl adjacent to an activating group) is 1. The van der Waals surface area contributed by atoms with Gasteiger partial charge in [0.1, 0.15) is 19.8 Å². The average Bonchev–Trinajstić information content (AvgIpc) is 3.17. The van der Waals surface area contributed by atoms with Crippen molar-refractivity contribution in [3.63, 3.8) is 0 Å². The van der Waals surface area contributed by atoms with E-state index in [1.165, 1.54) is 64.2 Å². The van der Waals surface area contributed by atoms with Crippen molar-refractivity contribution < 1.29 is 52.3 Å². The first-order valence-electron chi connectivity index (χ1n) is 22.4. The predicted octanol–water partition coefficient (Wildman–Crippen LogP) is 10.6. The molecule has 340 valence electrons. The maximum absolute atomic E-state index is 12.7. The molecule has 12 heteroatoms. The lowest BCUT2D eigenvalue weighted by Crippen LogP contribution is -2.37. The molecule has 0 aromatic carbocycles. The Morgan fingerprint density at radius 2 is 1.22 bits per heavy atom. The number of phosphoric acid groups is 1. The van der Waals surface area contributed by atoms with Gasteiger partial charge in [-0.05, 0) is 38.5 Å². The van der Waals surface area contributed by atoms with Gasteiger partial charge in [0.15, 0.2) is 6.10 Å². The van der Waals surface area contributed by atoms with Crippen LogP contribution in [-0.4, -0.2) is 97.3 Å². The lowest BCUT2D eigenvalue weighted by molar-refractivity contribution is -0.870. The van der Waals surface area contributed by atoms with E-state index in [0.29, 0.717) is 43.1 Å². The summed E-state index contributed by atoms with van der Waals surface area (Å²) in [4.78, 5) is 35.4. The molecule has 0 radical (unpaired) electrons. The second kappa shape index (κ2) is 38.3. The fraction of sp³-hybridized carbons (Fsp3) is 0.702. The number of nitrogens with zero attached hydrogens (tertiary/aromatic N) is 1. The first-order valence-corrected chi connectivity index (χ1v) is 23.9. The topological polar surface area (TPSA) is 149 Å². The summed E-state index contributed by atoms with van der Waals surface area (Å²) in [6, 6.07) is 0. The Bertz CT molecular complexity index is 1270. The minimum Gasteiger partial charge on any atom is -0.462 e. The van der Waals surface area contributed by atoms with Gasteiger partial charge >= 0.3 is 19.8 Å². The van der Waals surface area contributed by atoms with Crippen LogP contribution in [0.1, 0.15) is 149 Å². The van der Waals surface area contributed by atoms with Gasteiger partial charge in [-0.3, -0.25) is 18.6 Å². The number of carbonyl (C=O) groups excluding carboxylic acids is 2. The molecule has 0 spiro atoms. The van der Waals surface area contributed by atoms with Crippen LogP contribution in [0.25, 0.3) is 0 Å². The standard InChI is InChI=1S/C47H82NO10P/c1-6-8-10-11-12-13-14-15-16-17-18-22-25-31-38-47(52)58-45(42-57-59(53,54)56-40-39-48(3,4)5)41-55-46(51)37-32-26-30-36-44(50)35-29-24-21-19-20-23-28-34-43(49)33-27-9-7-2/h9,20-21,23-24,27-30,34-36,43-45,49-50H,6-8,10-19,22,25-26,31-33,37-42H2,1-5H3/p+1/b23-20-,24-21-,27-9-,34-28+,35-29+,36-30-/t43-,44-,45-/m1/s1. The number of quaternary nitrogens is 1. The van der Waals surface area contributed by atoms with Gasteiger partial charge in [0.25, 0.3) is 0 Å². The van der Waals surface area contributed by atoms with Crippen molar-refractivity contribution in [1.29, 1.82) is 0 Å². The SMILES string of the molecule is CC/C=C\C[C@@H](O)/C=C/C=C\C/C=C\C=C\[C@@H](O)/C=C\CCCC(=O)OC[C@H](COP(=O)(O)OCC[N+](C)(C)C)OC(=O)CCCCCCCCCCCCCCCC. The number of unbranched alkanes of at least 4 members (excludes halogenated alkanes) is 14. The third-order valence-electron chi connectivity index (χ3n) is 9.18. The molecule has 0 heterocycles. The quantitative estimate of drug-likeness (QED) is 0.0136. The van der Waals surface area contributed by atoms with Crippen LogP contribution in [0.15, 0.2) is 72.9 Å². The molecule has 0 fully saturated rings. The molecule has 0 bridgehead atoms. The molecule has 0 aliphatic rings. The van der Waals surface area contributed by atoms with Gasteiger partial charge < -0.3 is 29.1 Å². The Balaban J connectivity index is 4.60. The van der Waals surface area contributed by atoms with Gasteiger partial charge in [0.2, 0.25) is 0 Å². The number of carbonyl (C=O) groups is 2. The second-order valence-corrected chi connectivity index (χ2v) is 17.6. The van der Waals surface area contributed by atoms with E-state index < -0.39 is 44.7 Å². The van der Waals surface area contributed by atoms with E-state index in [0.717, 1.165) is 25.7 Å². The monoisotopic (exact) mass is 853 g/mol. The zero-order valence-electron chi connectivity index (χ0n) is 37.4. The zero-order chi connectivity index (χ0) is 43.9. The van der Waals surface area contributed by atoms with E-state index in [-0.39, 0.29) is 26.1 Å². The summed E-state index contributed by atoms with van der Waals surface area (Å²) in [7, 11) is 1.36. The molecule has 0 aromatic rings. The van der Waals surface area contributed by atoms with Gasteiger partial charge in [-0.25, -0.2) is 4.57 Å². The van der Waals surface area contributed by atoms with Crippen molar-refractivity contribution in [3.05, 3.63) is 72.9 Å². The van der Waals surface area contributed by atoms with Crippen LogP contribution < -0.4 is 0 Å². The highest BCUT2D eigenvalue weighted by Gasteiger charge is 2.27.